The maximum Gasteiger partial charge on any atom is 0.333 e. The summed E-state index contributed by atoms with van der Waals surface area (Å²) in [5.74, 6) is -1.81. The second-order valence-corrected chi connectivity index (χ2v) is 19.4. The van der Waals surface area contributed by atoms with Crippen LogP contribution in [-0.2, 0) is 36.7 Å². The van der Waals surface area contributed by atoms with Crippen LogP contribution in [0.25, 0.3) is 0 Å². The molecular weight excluding hydrogens is 678 g/mol. The summed E-state index contributed by atoms with van der Waals surface area (Å²) in [6, 6.07) is 19.3. The number of hydroxylamine groups is 2. The van der Waals surface area contributed by atoms with Gasteiger partial charge in [-0.05, 0) is 76.6 Å². The monoisotopic (exact) mass is 719 g/mol. The van der Waals surface area contributed by atoms with Gasteiger partial charge in [0.2, 0.25) is 20.1 Å². The maximum atomic E-state index is 14.0. The highest BCUT2D eigenvalue weighted by Gasteiger charge is 2.56. The number of esters is 1. The number of amides is 3. The topological polar surface area (TPSA) is 114 Å². The van der Waals surface area contributed by atoms with Crippen LogP contribution in [0.4, 0.5) is 4.39 Å². The molecule has 2 aliphatic rings. The van der Waals surface area contributed by atoms with E-state index < -0.39 is 49.4 Å². The van der Waals surface area contributed by atoms with Crippen LogP contribution in [0.3, 0.4) is 0 Å². The normalized spacial score (nSPS) is 18.7. The Morgan fingerprint density at radius 1 is 0.960 bits per heavy atom. The van der Waals surface area contributed by atoms with Gasteiger partial charge in [0, 0.05) is 5.56 Å². The number of benzene rings is 3. The zero-order chi connectivity index (χ0) is 36.2. The van der Waals surface area contributed by atoms with Crippen molar-refractivity contribution in [2.75, 3.05) is 13.7 Å². The van der Waals surface area contributed by atoms with Gasteiger partial charge in [-0.25, -0.2) is 14.2 Å². The number of rotatable bonds is 12. The quantitative estimate of drug-likeness (QED) is 0.107. The van der Waals surface area contributed by atoms with Crippen molar-refractivity contribution in [1.82, 2.24) is 15.3 Å². The summed E-state index contributed by atoms with van der Waals surface area (Å²) in [5.41, 5.74) is 2.12. The number of hydrogen-bond acceptors (Lipinski definition) is 8. The van der Waals surface area contributed by atoms with Crippen LogP contribution >= 0.6 is 11.8 Å². The van der Waals surface area contributed by atoms with Crippen LogP contribution in [0.5, 0.6) is 5.75 Å². The average Bonchev–Trinajstić information content (AvgIpc) is 3.09. The third-order valence-electron chi connectivity index (χ3n) is 9.14. The van der Waals surface area contributed by atoms with Gasteiger partial charge in [-0.15, -0.1) is 11.8 Å². The first-order valence-electron chi connectivity index (χ1n) is 16.2. The van der Waals surface area contributed by atoms with Gasteiger partial charge in [0.15, 0.2) is 6.04 Å². The molecule has 1 saturated heterocycles. The number of carbonyl (C=O) groups is 4. The first-order valence-corrected chi connectivity index (χ1v) is 20.1. The molecule has 0 spiro atoms. The highest BCUT2D eigenvalue weighted by molar-refractivity contribution is 8.03. The Labute approximate surface area is 297 Å². The number of hydrogen-bond donors (Lipinski definition) is 1. The Morgan fingerprint density at radius 3 is 2.24 bits per heavy atom. The Kier molecular flexibility index (Phi) is 11.2. The largest absolute Gasteiger partial charge is 0.497 e. The van der Waals surface area contributed by atoms with Gasteiger partial charge in [-0.3, -0.25) is 14.4 Å². The van der Waals surface area contributed by atoms with Gasteiger partial charge in [0.05, 0.1) is 20.1 Å². The lowest BCUT2D eigenvalue weighted by atomic mass is 9.97. The summed E-state index contributed by atoms with van der Waals surface area (Å²) < 4.78 is 31.3. The molecular formula is C37H42FN3O7SSi. The molecule has 13 heteroatoms. The zero-order valence-electron chi connectivity index (χ0n) is 29.0. The van der Waals surface area contributed by atoms with E-state index in [9.17, 15) is 23.6 Å². The Bertz CT molecular complexity index is 1750. The number of nitrogens with one attached hydrogen (secondary N) is 1. The van der Waals surface area contributed by atoms with Crippen molar-refractivity contribution in [2.24, 2.45) is 0 Å². The van der Waals surface area contributed by atoms with Crippen molar-refractivity contribution < 1.29 is 37.6 Å². The molecule has 3 amide bonds. The predicted octanol–water partition coefficient (Wildman–Crippen LogP) is 5.85. The van der Waals surface area contributed by atoms with Gasteiger partial charge in [0.25, 0.3) is 5.91 Å². The minimum atomic E-state index is -2.62. The molecule has 1 fully saturated rings. The predicted molar refractivity (Wildman–Crippen MR) is 191 cm³/mol. The summed E-state index contributed by atoms with van der Waals surface area (Å²) in [5, 5.41) is 4.92. The fraction of sp³-hybridized carbons (Fsp3) is 0.351. The first-order chi connectivity index (χ1) is 23.7. The highest BCUT2D eigenvalue weighted by atomic mass is 32.2. The van der Waals surface area contributed by atoms with E-state index >= 15 is 0 Å². The van der Waals surface area contributed by atoms with Crippen molar-refractivity contribution in [2.45, 2.75) is 69.4 Å². The molecule has 50 heavy (non-hydrogen) atoms. The van der Waals surface area contributed by atoms with Crippen molar-refractivity contribution >= 4 is 43.8 Å². The van der Waals surface area contributed by atoms with E-state index in [4.69, 9.17) is 14.0 Å². The maximum absolute atomic E-state index is 14.0. The molecule has 2 heterocycles. The molecule has 0 saturated carbocycles. The zero-order valence-corrected chi connectivity index (χ0v) is 30.8. The van der Waals surface area contributed by atoms with Crippen molar-refractivity contribution in [3.05, 3.63) is 112 Å². The van der Waals surface area contributed by atoms with E-state index in [1.807, 2.05) is 64.2 Å². The highest BCUT2D eigenvalue weighted by Crippen LogP contribution is 2.42. The van der Waals surface area contributed by atoms with E-state index in [0.717, 1.165) is 5.56 Å². The van der Waals surface area contributed by atoms with Crippen LogP contribution < -0.4 is 10.1 Å². The molecule has 0 aliphatic carbocycles. The second-order valence-electron chi connectivity index (χ2n) is 13.7. The number of halogens is 1. The number of β-lactam (4-membered cyclic amide) rings is 1. The number of methoxy groups -OCH3 is 1. The summed E-state index contributed by atoms with van der Waals surface area (Å²) in [4.78, 5) is 55.9. The fourth-order valence-corrected chi connectivity index (χ4v) is 7.44. The minimum absolute atomic E-state index is 0.0671. The smallest absolute Gasteiger partial charge is 0.333 e. The summed E-state index contributed by atoms with van der Waals surface area (Å²) >= 11 is 1.27. The van der Waals surface area contributed by atoms with E-state index in [1.54, 1.807) is 36.8 Å². The van der Waals surface area contributed by atoms with E-state index in [-0.39, 0.29) is 36.1 Å². The van der Waals surface area contributed by atoms with Crippen LogP contribution in [0.15, 0.2) is 89.8 Å². The van der Waals surface area contributed by atoms with Gasteiger partial charge in [-0.2, -0.15) is 0 Å². The standard InChI is InChI=1S/C37H42FN3O7SSi/c1-37(2,3)50(5,6)48-40(33(43)26-14-16-28(38)17-15-26)21-27-23-49-35-31(39-30(42)20-24-10-8-7-9-11-24)34(44)41(35)32(27)36(45)47-22-25-12-18-29(46-4)19-13-25/h7-19,23,31-32,35H,20-22H2,1-6H3,(H,39,42)/t31-,32?,35-/m1/s1. The summed E-state index contributed by atoms with van der Waals surface area (Å²) in [6.07, 6.45) is 0.0989. The Morgan fingerprint density at radius 2 is 1.62 bits per heavy atom. The third-order valence-corrected chi connectivity index (χ3v) is 14.7. The molecule has 1 unspecified atom stereocenters. The summed E-state index contributed by atoms with van der Waals surface area (Å²) in [7, 11) is -1.07. The van der Waals surface area contributed by atoms with Crippen molar-refractivity contribution in [3.63, 3.8) is 0 Å². The molecule has 0 bridgehead atoms. The molecule has 0 radical (unpaired) electrons. The lowest BCUT2D eigenvalue weighted by Crippen LogP contribution is -2.74. The first kappa shape index (κ1) is 36.8. The van der Waals surface area contributed by atoms with Gasteiger partial charge >= 0.3 is 5.97 Å². The summed E-state index contributed by atoms with van der Waals surface area (Å²) in [6.45, 7) is 9.83. The minimum Gasteiger partial charge on any atom is -0.497 e. The third kappa shape index (κ3) is 8.28. The van der Waals surface area contributed by atoms with Crippen LogP contribution in [0, 0.1) is 5.82 Å². The van der Waals surface area contributed by atoms with Crippen LogP contribution in [-0.4, -0.2) is 73.1 Å². The lowest BCUT2D eigenvalue weighted by molar-refractivity contribution is -0.164. The van der Waals surface area contributed by atoms with Crippen LogP contribution in [0.2, 0.25) is 18.1 Å². The number of fused-ring (bicyclic) bond motifs is 1. The molecule has 0 aromatic heterocycles. The van der Waals surface area contributed by atoms with Crippen molar-refractivity contribution in [1.29, 1.82) is 0 Å². The fourth-order valence-electron chi connectivity index (χ4n) is 5.25. The second kappa shape index (κ2) is 15.2. The van der Waals surface area contributed by atoms with E-state index in [1.165, 1.54) is 46.0 Å². The Balaban J connectivity index is 1.43. The molecule has 5 rings (SSSR count). The van der Waals surface area contributed by atoms with Crippen LogP contribution in [0.1, 0.15) is 42.3 Å². The number of thioether (sulfide) groups is 1. The van der Waals surface area contributed by atoms with Gasteiger partial charge in [-0.1, -0.05) is 63.2 Å². The van der Waals surface area contributed by atoms with Gasteiger partial charge in [0.1, 0.15) is 29.6 Å². The van der Waals surface area contributed by atoms with Gasteiger partial charge < -0.3 is 24.2 Å². The average molecular weight is 720 g/mol. The molecule has 1 N–H and O–H groups in total. The molecule has 3 atom stereocenters. The molecule has 264 valence electrons. The number of ether oxygens (including phenoxy) is 2. The molecule has 10 nitrogen and oxygen atoms in total. The number of carbonyl (C=O) groups excluding carboxylic acids is 4. The van der Waals surface area contributed by atoms with E-state index in [0.29, 0.717) is 16.9 Å². The number of nitrogens with zero attached hydrogens (tertiary/aromatic N) is 2. The SMILES string of the molecule is COc1ccc(COC(=O)C2C(CN(O[Si](C)(C)C(C)(C)C)C(=O)c3ccc(F)cc3)=CS[C@@H]3[C@H](NC(=O)Cc4ccccc4)C(=O)N23)cc1. The van der Waals surface area contributed by atoms with E-state index in [2.05, 4.69) is 5.32 Å². The molecule has 2 aliphatic heterocycles. The molecule has 3 aromatic carbocycles. The van der Waals surface area contributed by atoms with Crippen molar-refractivity contribution in [3.8, 4) is 5.75 Å². The lowest BCUT2D eigenvalue weighted by Gasteiger charge is -2.52. The Hall–Kier alpha value is -4.46. The molecule has 3 aromatic rings.